The predicted molar refractivity (Wildman–Crippen MR) is 107 cm³/mol. The number of para-hydroxylation sites is 2. The number of aliphatic hydroxyl groups excluding tert-OH is 1. The standard InChI is InChI=1S/C18H18N4O5S/c23-11-5-10-19-16(24)12-6-1-3-8-14(12)20-18(28)21-17(25)13-7-2-4-9-15(13)22(26)27/h1-4,6-9,23H,5,10-11H2,(H,19,24)(H2,20,21,25,28). The van der Waals surface area contributed by atoms with Gasteiger partial charge in [-0.05, 0) is 36.8 Å². The fraction of sp³-hybridized carbons (Fsp3) is 0.167. The molecule has 0 aliphatic carbocycles. The van der Waals surface area contributed by atoms with E-state index >= 15 is 0 Å². The Morgan fingerprint density at radius 1 is 1.04 bits per heavy atom. The van der Waals surface area contributed by atoms with E-state index in [-0.39, 0.29) is 28.9 Å². The zero-order chi connectivity index (χ0) is 20.5. The summed E-state index contributed by atoms with van der Waals surface area (Å²) in [6, 6.07) is 12.0. The van der Waals surface area contributed by atoms with Gasteiger partial charge in [0.05, 0.1) is 16.2 Å². The molecule has 0 spiro atoms. The molecule has 0 radical (unpaired) electrons. The highest BCUT2D eigenvalue weighted by atomic mass is 32.1. The van der Waals surface area contributed by atoms with Crippen LogP contribution in [0, 0.1) is 10.1 Å². The molecule has 0 aliphatic rings. The lowest BCUT2D eigenvalue weighted by Crippen LogP contribution is -2.35. The van der Waals surface area contributed by atoms with Crippen molar-refractivity contribution in [1.82, 2.24) is 10.6 Å². The van der Waals surface area contributed by atoms with Crippen LogP contribution in [0.2, 0.25) is 0 Å². The van der Waals surface area contributed by atoms with Gasteiger partial charge in [-0.15, -0.1) is 0 Å². The number of nitro groups is 1. The fourth-order valence-electron chi connectivity index (χ4n) is 2.32. The highest BCUT2D eigenvalue weighted by Crippen LogP contribution is 2.18. The van der Waals surface area contributed by atoms with Crippen molar-refractivity contribution in [2.45, 2.75) is 6.42 Å². The van der Waals surface area contributed by atoms with Crippen molar-refractivity contribution in [3.63, 3.8) is 0 Å². The van der Waals surface area contributed by atoms with Crippen molar-refractivity contribution in [2.75, 3.05) is 18.5 Å². The highest BCUT2D eigenvalue weighted by molar-refractivity contribution is 7.80. The lowest BCUT2D eigenvalue weighted by atomic mass is 10.1. The van der Waals surface area contributed by atoms with Gasteiger partial charge in [0.2, 0.25) is 0 Å². The van der Waals surface area contributed by atoms with Gasteiger partial charge in [0.15, 0.2) is 5.11 Å². The third kappa shape index (κ3) is 5.56. The maximum absolute atomic E-state index is 12.3. The molecular formula is C18H18N4O5S. The number of hydrogen-bond donors (Lipinski definition) is 4. The molecule has 28 heavy (non-hydrogen) atoms. The van der Waals surface area contributed by atoms with Gasteiger partial charge in [-0.3, -0.25) is 25.0 Å². The fourth-order valence-corrected chi connectivity index (χ4v) is 2.52. The number of benzene rings is 2. The van der Waals surface area contributed by atoms with Crippen LogP contribution >= 0.6 is 12.2 Å². The van der Waals surface area contributed by atoms with E-state index in [1.54, 1.807) is 24.3 Å². The van der Waals surface area contributed by atoms with Gasteiger partial charge in [0.1, 0.15) is 5.56 Å². The van der Waals surface area contributed by atoms with Crippen LogP contribution < -0.4 is 16.0 Å². The minimum absolute atomic E-state index is 0.0398. The van der Waals surface area contributed by atoms with E-state index in [1.165, 1.54) is 24.3 Å². The number of nitro benzene ring substituents is 1. The monoisotopic (exact) mass is 402 g/mol. The first-order valence-corrected chi connectivity index (χ1v) is 8.68. The summed E-state index contributed by atoms with van der Waals surface area (Å²) in [5.74, 6) is -1.11. The van der Waals surface area contributed by atoms with Crippen molar-refractivity contribution in [2.24, 2.45) is 0 Å². The third-order valence-corrected chi connectivity index (χ3v) is 3.82. The number of carbonyl (C=O) groups is 2. The van der Waals surface area contributed by atoms with Crippen LogP contribution in [0.25, 0.3) is 0 Å². The van der Waals surface area contributed by atoms with Crippen molar-refractivity contribution in [1.29, 1.82) is 0 Å². The van der Waals surface area contributed by atoms with Crippen LogP contribution in [0.3, 0.4) is 0 Å². The Morgan fingerprint density at radius 3 is 2.36 bits per heavy atom. The molecule has 2 rings (SSSR count). The van der Waals surface area contributed by atoms with Gasteiger partial charge >= 0.3 is 0 Å². The first kappa shape index (κ1) is 20.9. The number of hydrogen-bond acceptors (Lipinski definition) is 6. The average Bonchev–Trinajstić information content (AvgIpc) is 2.68. The van der Waals surface area contributed by atoms with Crippen molar-refractivity contribution in [3.8, 4) is 0 Å². The number of carbonyl (C=O) groups excluding carboxylic acids is 2. The molecule has 2 amide bonds. The number of aliphatic hydroxyl groups is 1. The summed E-state index contributed by atoms with van der Waals surface area (Å²) < 4.78 is 0. The van der Waals surface area contributed by atoms with Gasteiger partial charge in [0.25, 0.3) is 17.5 Å². The molecule has 2 aromatic rings. The Labute approximate surface area is 165 Å². The normalized spacial score (nSPS) is 10.0. The molecule has 0 saturated heterocycles. The lowest BCUT2D eigenvalue weighted by Gasteiger charge is -2.13. The summed E-state index contributed by atoms with van der Waals surface area (Å²) in [6.07, 6.45) is 0.422. The highest BCUT2D eigenvalue weighted by Gasteiger charge is 2.20. The molecule has 0 heterocycles. The smallest absolute Gasteiger partial charge is 0.282 e. The molecule has 2 aromatic carbocycles. The summed E-state index contributed by atoms with van der Waals surface area (Å²) in [7, 11) is 0. The topological polar surface area (TPSA) is 134 Å². The quantitative estimate of drug-likeness (QED) is 0.240. The van der Waals surface area contributed by atoms with Crippen molar-refractivity contribution >= 4 is 40.5 Å². The molecule has 0 aliphatic heterocycles. The number of nitrogens with zero attached hydrogens (tertiary/aromatic N) is 1. The summed E-state index contributed by atoms with van der Waals surface area (Å²) in [6.45, 7) is 0.268. The van der Waals surface area contributed by atoms with Crippen LogP contribution in [-0.2, 0) is 0 Å². The van der Waals surface area contributed by atoms with Crippen LogP contribution in [-0.4, -0.2) is 40.1 Å². The Kier molecular flexibility index (Phi) is 7.55. The molecule has 0 aromatic heterocycles. The van der Waals surface area contributed by atoms with Crippen LogP contribution in [0.15, 0.2) is 48.5 Å². The number of amides is 2. The zero-order valence-corrected chi connectivity index (χ0v) is 15.5. The SMILES string of the molecule is O=C(NCCCO)c1ccccc1NC(=S)NC(=O)c1ccccc1[N+](=O)[O-]. The first-order chi connectivity index (χ1) is 13.4. The number of nitrogens with one attached hydrogen (secondary N) is 3. The average molecular weight is 402 g/mol. The van der Waals surface area contributed by atoms with Crippen molar-refractivity contribution in [3.05, 3.63) is 69.8 Å². The molecule has 0 fully saturated rings. The number of thiocarbonyl (C=S) groups is 1. The maximum atomic E-state index is 12.3. The van der Waals surface area contributed by atoms with E-state index in [4.69, 9.17) is 17.3 Å². The second-order valence-electron chi connectivity index (χ2n) is 5.56. The van der Waals surface area contributed by atoms with E-state index in [0.29, 0.717) is 24.2 Å². The third-order valence-electron chi connectivity index (χ3n) is 3.61. The van der Waals surface area contributed by atoms with Gasteiger partial charge in [-0.25, -0.2) is 0 Å². The largest absolute Gasteiger partial charge is 0.396 e. The zero-order valence-electron chi connectivity index (χ0n) is 14.7. The Bertz CT molecular complexity index is 903. The molecule has 9 nitrogen and oxygen atoms in total. The van der Waals surface area contributed by atoms with E-state index < -0.39 is 10.8 Å². The van der Waals surface area contributed by atoms with E-state index in [2.05, 4.69) is 16.0 Å². The summed E-state index contributed by atoms with van der Waals surface area (Å²) in [4.78, 5) is 35.0. The Balaban J connectivity index is 2.09. The number of rotatable bonds is 7. The van der Waals surface area contributed by atoms with Gasteiger partial charge in [-0.1, -0.05) is 24.3 Å². The van der Waals surface area contributed by atoms with E-state index in [0.717, 1.165) is 0 Å². The molecule has 10 heteroatoms. The second-order valence-corrected chi connectivity index (χ2v) is 5.97. The van der Waals surface area contributed by atoms with Crippen molar-refractivity contribution < 1.29 is 19.6 Å². The molecule has 0 saturated carbocycles. The Hall–Kier alpha value is -3.37. The summed E-state index contributed by atoms with van der Waals surface area (Å²) in [5.41, 5.74) is 0.178. The molecule has 0 unspecified atom stereocenters. The Morgan fingerprint density at radius 2 is 1.68 bits per heavy atom. The molecule has 4 N–H and O–H groups in total. The second kappa shape index (κ2) is 10.1. The van der Waals surface area contributed by atoms with Crippen LogP contribution in [0.4, 0.5) is 11.4 Å². The van der Waals surface area contributed by atoms with E-state index in [1.807, 2.05) is 0 Å². The van der Waals surface area contributed by atoms with Gasteiger partial charge in [-0.2, -0.15) is 0 Å². The first-order valence-electron chi connectivity index (χ1n) is 8.28. The molecule has 146 valence electrons. The van der Waals surface area contributed by atoms with Crippen LogP contribution in [0.5, 0.6) is 0 Å². The number of anilines is 1. The molecule has 0 bridgehead atoms. The molecular weight excluding hydrogens is 384 g/mol. The predicted octanol–water partition coefficient (Wildman–Crippen LogP) is 1.83. The summed E-state index contributed by atoms with van der Waals surface area (Å²) >= 11 is 5.10. The van der Waals surface area contributed by atoms with Gasteiger partial charge < -0.3 is 15.7 Å². The minimum Gasteiger partial charge on any atom is -0.396 e. The van der Waals surface area contributed by atoms with E-state index in [9.17, 15) is 19.7 Å². The maximum Gasteiger partial charge on any atom is 0.282 e. The van der Waals surface area contributed by atoms with Gasteiger partial charge in [0, 0.05) is 19.2 Å². The summed E-state index contributed by atoms with van der Waals surface area (Å²) in [5, 5.41) is 27.5. The molecule has 0 atom stereocenters. The lowest BCUT2D eigenvalue weighted by molar-refractivity contribution is -0.385. The van der Waals surface area contributed by atoms with Crippen LogP contribution in [0.1, 0.15) is 27.1 Å². The minimum atomic E-state index is -0.741.